The minimum atomic E-state index is -2.79. The van der Waals surface area contributed by atoms with Crippen LogP contribution in [-0.4, -0.2) is 14.1 Å². The van der Waals surface area contributed by atoms with E-state index in [1.807, 2.05) is 112 Å². The Morgan fingerprint density at radius 3 is 1.83 bits per heavy atom. The summed E-state index contributed by atoms with van der Waals surface area (Å²) in [4.78, 5) is 4.72. The number of para-hydroxylation sites is 3. The number of pyridine rings is 1. The third-order valence-corrected chi connectivity index (χ3v) is 13.4. The quantitative estimate of drug-likeness (QED) is 0.107. The van der Waals surface area contributed by atoms with Crippen LogP contribution in [0.3, 0.4) is 0 Å². The maximum atomic E-state index is 9.21. The van der Waals surface area contributed by atoms with Gasteiger partial charge in [-0.05, 0) is 109 Å². The second kappa shape index (κ2) is 19.6. The van der Waals surface area contributed by atoms with Gasteiger partial charge in [0.1, 0.15) is 5.82 Å². The number of imidazole rings is 1. The predicted octanol–water partition coefficient (Wildman–Crippen LogP) is 17.2. The first-order valence-electron chi connectivity index (χ1n) is 30.9. The average molecular weight is 1170 g/mol. The van der Waals surface area contributed by atoms with Gasteiger partial charge in [-0.25, -0.2) is 4.98 Å². The van der Waals surface area contributed by atoms with E-state index in [9.17, 15) is 2.74 Å². The molecule has 6 heteroatoms. The number of rotatable bonds is 9. The van der Waals surface area contributed by atoms with Crippen LogP contribution < -0.4 is 9.30 Å². The van der Waals surface area contributed by atoms with Crippen LogP contribution in [-0.2, 0) is 31.9 Å². The van der Waals surface area contributed by atoms with Gasteiger partial charge in [-0.3, -0.25) is 4.57 Å². The zero-order chi connectivity index (χ0) is 61.9. The molecule has 0 fully saturated rings. The molecule has 0 spiro atoms. The molecule has 5 nitrogen and oxygen atoms in total. The van der Waals surface area contributed by atoms with Crippen LogP contribution in [0.15, 0.2) is 212 Å². The monoisotopic (exact) mass is 1160 g/mol. The van der Waals surface area contributed by atoms with Crippen molar-refractivity contribution in [2.24, 2.45) is 0 Å². The molecule has 0 saturated heterocycles. The zero-order valence-electron chi connectivity index (χ0n) is 54.9. The van der Waals surface area contributed by atoms with Gasteiger partial charge < -0.3 is 13.9 Å². The molecule has 370 valence electrons. The molecular formula is C69H56N4OPt-2. The molecule has 0 saturated carbocycles. The molecule has 12 aromatic rings. The van der Waals surface area contributed by atoms with Crippen LogP contribution in [0.5, 0.6) is 11.5 Å². The van der Waals surface area contributed by atoms with E-state index in [1.165, 1.54) is 12.3 Å². The van der Waals surface area contributed by atoms with Gasteiger partial charge in [0.05, 0.1) is 30.4 Å². The SMILES string of the molecule is [2H]c1c([2H])c([2H])c(-c2cc(-c3cccc(C(C)(C)C)c3)c(-[n+]3[c-]n(-c4[c-]c(Oc5[c-]c6c(cc5)c5ccccc5n6-c5cc(C([2H])([2H])[2H])c(-c6c([2H])c([2H])c([2H])c([2H])c6[2H])cn5)ccc4)c4ccccc43)c(-c3cccc(C(C)(C)C)c3)c2)c([2H])c1[2H].[Pt]. The molecule has 0 unspecified atom stereocenters. The van der Waals surface area contributed by atoms with Crippen LogP contribution in [0.25, 0.3) is 94.5 Å². The summed E-state index contributed by atoms with van der Waals surface area (Å²) in [5.74, 6) is 0.816. The van der Waals surface area contributed by atoms with Crippen molar-refractivity contribution >= 4 is 32.8 Å². The number of fused-ring (bicyclic) bond motifs is 4. The van der Waals surface area contributed by atoms with E-state index in [-0.39, 0.29) is 72.1 Å². The van der Waals surface area contributed by atoms with Crippen LogP contribution in [0, 0.1) is 25.3 Å². The van der Waals surface area contributed by atoms with Gasteiger partial charge >= 0.3 is 0 Å². The molecule has 3 heterocycles. The molecule has 0 aliphatic rings. The van der Waals surface area contributed by atoms with Crippen molar-refractivity contribution in [3.05, 3.63) is 247 Å². The summed E-state index contributed by atoms with van der Waals surface area (Å²) in [6.07, 6.45) is 4.97. The number of aromatic nitrogens is 4. The fourth-order valence-electron chi connectivity index (χ4n) is 9.63. The van der Waals surface area contributed by atoms with Crippen LogP contribution in [0.2, 0.25) is 0 Å². The van der Waals surface area contributed by atoms with Crippen molar-refractivity contribution in [2.75, 3.05) is 0 Å². The second-order valence-electron chi connectivity index (χ2n) is 20.4. The summed E-state index contributed by atoms with van der Waals surface area (Å²) in [6.45, 7) is 10.1. The maximum absolute atomic E-state index is 9.21. The van der Waals surface area contributed by atoms with Crippen molar-refractivity contribution in [1.29, 1.82) is 0 Å². The van der Waals surface area contributed by atoms with Crippen molar-refractivity contribution in [3.63, 3.8) is 0 Å². The van der Waals surface area contributed by atoms with Crippen molar-refractivity contribution in [1.82, 2.24) is 14.1 Å². The van der Waals surface area contributed by atoms with Gasteiger partial charge in [0.2, 0.25) is 0 Å². The Kier molecular flexibility index (Phi) is 9.41. The van der Waals surface area contributed by atoms with Crippen molar-refractivity contribution in [2.45, 2.75) is 59.2 Å². The Morgan fingerprint density at radius 2 is 1.16 bits per heavy atom. The van der Waals surface area contributed by atoms with E-state index in [0.29, 0.717) is 33.8 Å². The normalized spacial score (nSPS) is 14.5. The molecule has 0 bridgehead atoms. The Balaban J connectivity index is 0.00000800. The molecule has 75 heavy (non-hydrogen) atoms. The number of benzene rings is 9. The number of nitrogens with zero attached hydrogens (tertiary/aromatic N) is 4. The summed E-state index contributed by atoms with van der Waals surface area (Å²) < 4.78 is 125. The molecule has 3 aromatic heterocycles. The largest absolute Gasteiger partial charge is 0.510 e. The molecule has 0 atom stereocenters. The summed E-state index contributed by atoms with van der Waals surface area (Å²) in [5.41, 5.74) is 8.69. The summed E-state index contributed by atoms with van der Waals surface area (Å²) in [6, 6.07) is 48.5. The topological polar surface area (TPSA) is 35.9 Å². The van der Waals surface area contributed by atoms with E-state index in [1.54, 1.807) is 16.7 Å². The molecule has 9 aromatic carbocycles. The molecule has 0 N–H and O–H groups in total. The van der Waals surface area contributed by atoms with Crippen molar-refractivity contribution in [3.8, 4) is 73.2 Å². The smallest absolute Gasteiger partial charge is 0.268 e. The fourth-order valence-corrected chi connectivity index (χ4v) is 9.63. The number of hydrogen-bond acceptors (Lipinski definition) is 2. The molecular weight excluding hydrogens is 1100 g/mol. The van der Waals surface area contributed by atoms with Gasteiger partial charge in [-0.2, -0.15) is 18.2 Å². The molecule has 0 radical (unpaired) electrons. The predicted molar refractivity (Wildman–Crippen MR) is 304 cm³/mol. The van der Waals surface area contributed by atoms with Gasteiger partial charge in [-0.1, -0.05) is 198 Å². The van der Waals surface area contributed by atoms with Crippen molar-refractivity contribution < 1.29 is 48.2 Å². The number of hydrogen-bond donors (Lipinski definition) is 0. The van der Waals surface area contributed by atoms with Crippen LogP contribution in [0.4, 0.5) is 0 Å². The average Bonchev–Trinajstić information content (AvgIpc) is 1.43. The summed E-state index contributed by atoms with van der Waals surface area (Å²) in [7, 11) is 0. The number of ether oxygens (including phenoxy) is 1. The maximum Gasteiger partial charge on any atom is 0.268 e. The molecule has 12 rings (SSSR count). The Morgan fingerprint density at radius 1 is 0.547 bits per heavy atom. The van der Waals surface area contributed by atoms with Gasteiger partial charge in [0.15, 0.2) is 0 Å². The third-order valence-electron chi connectivity index (χ3n) is 13.4. The first-order chi connectivity index (χ1) is 41.2. The number of aryl methyl sites for hydroxylation is 1. The van der Waals surface area contributed by atoms with Gasteiger partial charge in [-0.15, -0.1) is 29.7 Å². The summed E-state index contributed by atoms with van der Waals surface area (Å²) in [5, 5.41) is 1.58. The minimum Gasteiger partial charge on any atom is -0.510 e. The minimum absolute atomic E-state index is 0. The van der Waals surface area contributed by atoms with E-state index in [4.69, 9.17) is 24.8 Å². The first kappa shape index (κ1) is 35.9. The summed E-state index contributed by atoms with van der Waals surface area (Å²) >= 11 is 0. The fraction of sp³-hybridized carbons (Fsp3) is 0.130. The van der Waals surface area contributed by atoms with E-state index < -0.39 is 55.2 Å². The Labute approximate surface area is 472 Å². The zero-order valence-corrected chi connectivity index (χ0v) is 44.2. The first-order valence-corrected chi connectivity index (χ1v) is 24.4. The Hall–Kier alpha value is -8.11. The van der Waals surface area contributed by atoms with Crippen LogP contribution >= 0.6 is 0 Å². The standard InChI is InChI=1S/C69H56N4O.Pt/c1-46-37-66(70-44-61(46)48-23-12-9-13-24-48)73-62-32-15-14-31-57(62)58-36-35-56(43-65(58)73)74-55-30-20-29-54(42-55)71-45-72(64-34-17-16-33-63(64)71)67-59(49-25-18-27-52(38-49)68(2,3)4)40-51(47-21-10-8-11-22-47)41-60(67)50-26-19-28-53(39-50)69(5,6)7;/h8-41,44H,1-7H3;/q-2;/i1D3,8D,9D,10D,11D,12D,13D,21D,22D,23D,24D;. The molecule has 0 aliphatic heterocycles. The van der Waals surface area contributed by atoms with Gasteiger partial charge in [0.25, 0.3) is 6.33 Å². The second-order valence-corrected chi connectivity index (χ2v) is 20.4. The van der Waals surface area contributed by atoms with Crippen LogP contribution in [0.1, 0.15) is 76.1 Å². The van der Waals surface area contributed by atoms with E-state index in [0.717, 1.165) is 60.9 Å². The van der Waals surface area contributed by atoms with E-state index >= 15 is 0 Å². The Bertz CT molecular complexity index is 4690. The third kappa shape index (κ3) is 9.32. The van der Waals surface area contributed by atoms with Gasteiger partial charge in [0, 0.05) is 54.0 Å². The van der Waals surface area contributed by atoms with E-state index in [2.05, 4.69) is 84.3 Å². The molecule has 0 amide bonds. The molecule has 0 aliphatic carbocycles.